The van der Waals surface area contributed by atoms with Gasteiger partial charge in [-0.1, -0.05) is 43.3 Å². The third-order valence-electron chi connectivity index (χ3n) is 5.68. The molecule has 3 rings (SSSR count). The highest BCUT2D eigenvalue weighted by Crippen LogP contribution is 2.40. The van der Waals surface area contributed by atoms with Crippen LogP contribution in [0.4, 0.5) is 0 Å². The monoisotopic (exact) mass is 464 g/mol. The molecule has 3 aromatic rings. The predicted octanol–water partition coefficient (Wildman–Crippen LogP) is 7.70. The van der Waals surface area contributed by atoms with Crippen molar-refractivity contribution in [2.75, 3.05) is 12.4 Å². The second kappa shape index (κ2) is 11.5. The summed E-state index contributed by atoms with van der Waals surface area (Å²) in [5.74, 6) is 3.69. The summed E-state index contributed by atoms with van der Waals surface area (Å²) in [5.41, 5.74) is 3.39. The Morgan fingerprint density at radius 2 is 1.09 bits per heavy atom. The lowest BCUT2D eigenvalue weighted by atomic mass is 9.71. The zero-order valence-corrected chi connectivity index (χ0v) is 21.4. The van der Waals surface area contributed by atoms with E-state index < -0.39 is 0 Å². The van der Waals surface area contributed by atoms with Crippen LogP contribution in [0.25, 0.3) is 0 Å². The summed E-state index contributed by atoms with van der Waals surface area (Å²) < 4.78 is 17.6. The summed E-state index contributed by atoms with van der Waals surface area (Å²) in [5, 5.41) is 0. The van der Waals surface area contributed by atoms with Crippen LogP contribution in [0, 0.1) is 0 Å². The lowest BCUT2D eigenvalue weighted by molar-refractivity contribution is 0.242. The van der Waals surface area contributed by atoms with Gasteiger partial charge >= 0.3 is 0 Å². The van der Waals surface area contributed by atoms with Crippen molar-refractivity contribution in [3.63, 3.8) is 0 Å². The number of hydrogen-bond donors (Lipinski definition) is 0. The fourth-order valence-electron chi connectivity index (χ4n) is 4.02. The fraction of sp³-hybridized carbons (Fsp3) is 0.379. The van der Waals surface area contributed by atoms with Gasteiger partial charge in [-0.15, -0.1) is 11.8 Å². The van der Waals surface area contributed by atoms with Crippen LogP contribution in [0.5, 0.6) is 17.2 Å². The van der Waals surface area contributed by atoms with Crippen molar-refractivity contribution in [3.8, 4) is 17.2 Å². The van der Waals surface area contributed by atoms with Gasteiger partial charge in [0, 0.05) is 5.41 Å². The van der Waals surface area contributed by atoms with Crippen molar-refractivity contribution in [3.05, 3.63) is 89.5 Å². The molecule has 3 aromatic carbocycles. The van der Waals surface area contributed by atoms with Crippen LogP contribution < -0.4 is 14.2 Å². The second-order valence-electron chi connectivity index (χ2n) is 8.44. The molecule has 0 saturated carbocycles. The molecule has 0 spiro atoms. The van der Waals surface area contributed by atoms with E-state index in [0.29, 0.717) is 6.61 Å². The van der Waals surface area contributed by atoms with E-state index in [1.165, 1.54) is 16.7 Å². The van der Waals surface area contributed by atoms with Crippen molar-refractivity contribution in [1.82, 2.24) is 0 Å². The fourth-order valence-corrected chi connectivity index (χ4v) is 4.67. The normalized spacial score (nSPS) is 13.9. The highest BCUT2D eigenvalue weighted by Gasteiger charge is 2.31. The third kappa shape index (κ3) is 6.26. The second-order valence-corrected chi connectivity index (χ2v) is 10.0. The maximum absolute atomic E-state index is 6.06. The third-order valence-corrected chi connectivity index (χ3v) is 6.58. The Balaban J connectivity index is 2.00. The predicted molar refractivity (Wildman–Crippen MR) is 140 cm³/mol. The first-order valence-electron chi connectivity index (χ1n) is 11.8. The van der Waals surface area contributed by atoms with E-state index in [2.05, 4.69) is 93.6 Å². The molecule has 0 aliphatic rings. The molecule has 2 atom stereocenters. The molecule has 0 fully saturated rings. The first-order valence-corrected chi connectivity index (χ1v) is 12.8. The Morgan fingerprint density at radius 1 is 0.667 bits per heavy atom. The summed E-state index contributed by atoms with van der Waals surface area (Å²) in [6, 6.07) is 25.4. The number of benzene rings is 3. The summed E-state index contributed by atoms with van der Waals surface area (Å²) in [7, 11) is 0. The SMILES string of the molecule is CCOc1ccc(C(C)(c2ccc(OC(C)C)cc2)c2ccc(OC(C)SCC)cc2)cc1. The van der Waals surface area contributed by atoms with E-state index in [9.17, 15) is 0 Å². The van der Waals surface area contributed by atoms with Crippen molar-refractivity contribution >= 4 is 11.8 Å². The molecule has 4 heteroatoms. The van der Waals surface area contributed by atoms with Crippen molar-refractivity contribution in [2.45, 2.75) is 58.5 Å². The average molecular weight is 465 g/mol. The zero-order chi connectivity index (χ0) is 23.8. The van der Waals surface area contributed by atoms with Crippen molar-refractivity contribution in [2.24, 2.45) is 0 Å². The van der Waals surface area contributed by atoms with E-state index >= 15 is 0 Å². The van der Waals surface area contributed by atoms with Gasteiger partial charge < -0.3 is 14.2 Å². The van der Waals surface area contributed by atoms with Crippen molar-refractivity contribution in [1.29, 1.82) is 0 Å². The van der Waals surface area contributed by atoms with Crippen LogP contribution in [-0.2, 0) is 5.41 Å². The van der Waals surface area contributed by atoms with Crippen LogP contribution in [0.2, 0.25) is 0 Å². The van der Waals surface area contributed by atoms with E-state index in [1.54, 1.807) is 11.8 Å². The molecule has 0 radical (unpaired) electrons. The molecular formula is C29H36O3S. The minimum Gasteiger partial charge on any atom is -0.494 e. The Bertz CT molecular complexity index is 981. The summed E-state index contributed by atoms with van der Waals surface area (Å²) >= 11 is 1.79. The van der Waals surface area contributed by atoms with E-state index in [1.807, 2.05) is 20.8 Å². The van der Waals surface area contributed by atoms with Crippen LogP contribution in [0.1, 0.15) is 58.2 Å². The molecule has 33 heavy (non-hydrogen) atoms. The standard InChI is InChI=1S/C29H36O3S/c1-7-30-26-15-9-23(10-16-26)29(6,24-11-17-27(18-12-24)31-21(3)4)25-13-19-28(20-14-25)32-22(5)33-8-2/h9-22H,7-8H2,1-6H3. The molecule has 3 nitrogen and oxygen atoms in total. The molecule has 0 aliphatic heterocycles. The molecule has 0 N–H and O–H groups in total. The Hall–Kier alpha value is -2.59. The first-order chi connectivity index (χ1) is 15.9. The first kappa shape index (κ1) is 25.0. The van der Waals surface area contributed by atoms with E-state index in [4.69, 9.17) is 14.2 Å². The molecule has 0 bridgehead atoms. The maximum atomic E-state index is 6.06. The molecule has 0 amide bonds. The topological polar surface area (TPSA) is 27.7 Å². The lowest BCUT2D eigenvalue weighted by Crippen LogP contribution is -2.25. The van der Waals surface area contributed by atoms with E-state index in [-0.39, 0.29) is 17.0 Å². The quantitative estimate of drug-likeness (QED) is 0.215. The number of ether oxygens (including phenoxy) is 3. The number of thioether (sulfide) groups is 1. The van der Waals surface area contributed by atoms with Gasteiger partial charge in [0.1, 0.15) is 22.7 Å². The van der Waals surface area contributed by atoms with Gasteiger partial charge in [-0.25, -0.2) is 0 Å². The van der Waals surface area contributed by atoms with Gasteiger partial charge in [-0.2, -0.15) is 0 Å². The van der Waals surface area contributed by atoms with Crippen LogP contribution in [0.15, 0.2) is 72.8 Å². The number of rotatable bonds is 11. The highest BCUT2D eigenvalue weighted by molar-refractivity contribution is 7.99. The summed E-state index contributed by atoms with van der Waals surface area (Å²) in [4.78, 5) is 0. The van der Waals surface area contributed by atoms with Gasteiger partial charge in [-0.3, -0.25) is 0 Å². The average Bonchev–Trinajstić information content (AvgIpc) is 2.80. The van der Waals surface area contributed by atoms with Gasteiger partial charge in [0.25, 0.3) is 0 Å². The van der Waals surface area contributed by atoms with Gasteiger partial charge in [-0.05, 0) is 93.5 Å². The lowest BCUT2D eigenvalue weighted by Gasteiger charge is -2.32. The molecule has 0 heterocycles. The van der Waals surface area contributed by atoms with Gasteiger partial charge in [0.2, 0.25) is 0 Å². The molecule has 2 unspecified atom stereocenters. The molecule has 0 saturated heterocycles. The van der Waals surface area contributed by atoms with Crippen LogP contribution >= 0.6 is 11.8 Å². The van der Waals surface area contributed by atoms with Crippen LogP contribution in [-0.4, -0.2) is 23.9 Å². The van der Waals surface area contributed by atoms with Crippen molar-refractivity contribution < 1.29 is 14.2 Å². The van der Waals surface area contributed by atoms with Crippen LogP contribution in [0.3, 0.4) is 0 Å². The Morgan fingerprint density at radius 3 is 1.48 bits per heavy atom. The molecule has 0 aliphatic carbocycles. The highest BCUT2D eigenvalue weighted by atomic mass is 32.2. The molecular weight excluding hydrogens is 428 g/mol. The summed E-state index contributed by atoms with van der Waals surface area (Å²) in [6.45, 7) is 13.3. The minimum atomic E-state index is -0.344. The van der Waals surface area contributed by atoms with E-state index in [0.717, 1.165) is 23.0 Å². The Labute approximate surface area is 203 Å². The minimum absolute atomic E-state index is 0.131. The smallest absolute Gasteiger partial charge is 0.141 e. The maximum Gasteiger partial charge on any atom is 0.141 e. The number of hydrogen-bond acceptors (Lipinski definition) is 4. The largest absolute Gasteiger partial charge is 0.494 e. The molecule has 176 valence electrons. The Kier molecular flexibility index (Phi) is 8.74. The summed E-state index contributed by atoms with van der Waals surface area (Å²) in [6.07, 6.45) is 0.147. The van der Waals surface area contributed by atoms with Gasteiger partial charge in [0.05, 0.1) is 12.7 Å². The van der Waals surface area contributed by atoms with Gasteiger partial charge in [0.15, 0.2) is 0 Å². The molecule has 0 aromatic heterocycles. The zero-order valence-electron chi connectivity index (χ0n) is 20.6.